The molecule has 5 nitrogen and oxygen atoms in total. The quantitative estimate of drug-likeness (QED) is 0.725. The Hall–Kier alpha value is -0.810. The van der Waals surface area contributed by atoms with Crippen LogP contribution in [0.25, 0.3) is 0 Å². The first-order valence-electron chi connectivity index (χ1n) is 5.67. The van der Waals surface area contributed by atoms with Crippen molar-refractivity contribution in [3.8, 4) is 0 Å². The van der Waals surface area contributed by atoms with Crippen LogP contribution in [0.1, 0.15) is 27.2 Å². The van der Waals surface area contributed by atoms with Gasteiger partial charge in [-0.3, -0.25) is 4.79 Å². The lowest BCUT2D eigenvalue weighted by Crippen LogP contribution is -2.52. The summed E-state index contributed by atoms with van der Waals surface area (Å²) in [5, 5.41) is 5.85. The zero-order chi connectivity index (χ0) is 12.2. The number of halogens is 1. The van der Waals surface area contributed by atoms with E-state index in [9.17, 15) is 9.59 Å². The Labute approximate surface area is 108 Å². The van der Waals surface area contributed by atoms with E-state index in [1.165, 1.54) is 0 Å². The summed E-state index contributed by atoms with van der Waals surface area (Å²) in [5.74, 6) is -0.508. The van der Waals surface area contributed by atoms with Crippen LogP contribution in [0.3, 0.4) is 0 Å². The van der Waals surface area contributed by atoms with Crippen LogP contribution < -0.4 is 10.6 Å². The number of carbonyl (C=O) groups excluding carboxylic acids is 2. The van der Waals surface area contributed by atoms with E-state index in [-0.39, 0.29) is 24.2 Å². The van der Waals surface area contributed by atoms with Gasteiger partial charge in [-0.2, -0.15) is 0 Å². The van der Waals surface area contributed by atoms with Crippen LogP contribution in [0.2, 0.25) is 0 Å². The average molecular weight is 265 g/mol. The first-order valence-corrected chi connectivity index (χ1v) is 5.67. The van der Waals surface area contributed by atoms with Crippen molar-refractivity contribution >= 4 is 24.3 Å². The maximum atomic E-state index is 11.8. The van der Waals surface area contributed by atoms with Gasteiger partial charge in [0.05, 0.1) is 12.5 Å². The molecule has 0 saturated carbocycles. The second-order valence-electron chi connectivity index (χ2n) is 4.52. The Morgan fingerprint density at radius 3 is 2.59 bits per heavy atom. The maximum Gasteiger partial charge on any atom is 0.331 e. The fourth-order valence-electron chi connectivity index (χ4n) is 1.65. The highest BCUT2D eigenvalue weighted by Gasteiger charge is 2.34. The van der Waals surface area contributed by atoms with E-state index in [0.29, 0.717) is 13.2 Å². The SMILES string of the molecule is CCOC(=O)C(C)(C)NC(=O)C1CCNC1.Cl. The molecule has 100 valence electrons. The second-order valence-corrected chi connectivity index (χ2v) is 4.52. The number of ether oxygens (including phenoxy) is 1. The predicted molar refractivity (Wildman–Crippen MR) is 67.1 cm³/mol. The fraction of sp³-hybridized carbons (Fsp3) is 0.818. The Balaban J connectivity index is 0.00000256. The van der Waals surface area contributed by atoms with Gasteiger partial charge >= 0.3 is 5.97 Å². The molecule has 1 heterocycles. The molecular weight excluding hydrogens is 244 g/mol. The Kier molecular flexibility index (Phi) is 6.49. The van der Waals surface area contributed by atoms with Gasteiger partial charge in [-0.15, -0.1) is 12.4 Å². The third-order valence-corrected chi connectivity index (χ3v) is 2.65. The Morgan fingerprint density at radius 1 is 1.47 bits per heavy atom. The molecule has 0 radical (unpaired) electrons. The molecule has 1 aliphatic heterocycles. The number of rotatable bonds is 4. The van der Waals surface area contributed by atoms with Crippen molar-refractivity contribution in [1.29, 1.82) is 0 Å². The molecule has 1 unspecified atom stereocenters. The topological polar surface area (TPSA) is 67.4 Å². The summed E-state index contributed by atoms with van der Waals surface area (Å²) in [6.45, 7) is 6.93. The van der Waals surface area contributed by atoms with Gasteiger partial charge in [-0.25, -0.2) is 4.79 Å². The second kappa shape index (κ2) is 6.81. The summed E-state index contributed by atoms with van der Waals surface area (Å²) in [5.41, 5.74) is -0.949. The fourth-order valence-corrected chi connectivity index (χ4v) is 1.65. The van der Waals surface area contributed by atoms with Crippen LogP contribution in [0, 0.1) is 5.92 Å². The van der Waals surface area contributed by atoms with Crippen molar-refractivity contribution in [2.45, 2.75) is 32.7 Å². The van der Waals surface area contributed by atoms with Crippen molar-refractivity contribution in [1.82, 2.24) is 10.6 Å². The van der Waals surface area contributed by atoms with Gasteiger partial charge in [0.25, 0.3) is 0 Å². The van der Waals surface area contributed by atoms with Crippen molar-refractivity contribution in [3.63, 3.8) is 0 Å². The summed E-state index contributed by atoms with van der Waals surface area (Å²) in [6.07, 6.45) is 0.824. The van der Waals surface area contributed by atoms with E-state index in [0.717, 1.165) is 13.0 Å². The molecule has 0 aromatic rings. The highest BCUT2D eigenvalue weighted by molar-refractivity contribution is 5.88. The normalized spacial score (nSPS) is 19.4. The van der Waals surface area contributed by atoms with E-state index >= 15 is 0 Å². The highest BCUT2D eigenvalue weighted by Crippen LogP contribution is 2.11. The first kappa shape index (κ1) is 16.2. The van der Waals surface area contributed by atoms with Gasteiger partial charge in [-0.1, -0.05) is 0 Å². The number of hydrogen-bond acceptors (Lipinski definition) is 4. The van der Waals surface area contributed by atoms with Crippen molar-refractivity contribution < 1.29 is 14.3 Å². The van der Waals surface area contributed by atoms with Crippen molar-refractivity contribution in [2.75, 3.05) is 19.7 Å². The van der Waals surface area contributed by atoms with Crippen LogP contribution in [-0.2, 0) is 14.3 Å². The summed E-state index contributed by atoms with van der Waals surface area (Å²) in [7, 11) is 0. The van der Waals surface area contributed by atoms with Gasteiger partial charge in [0.1, 0.15) is 5.54 Å². The zero-order valence-corrected chi connectivity index (χ0v) is 11.4. The summed E-state index contributed by atoms with van der Waals surface area (Å²) >= 11 is 0. The van der Waals surface area contributed by atoms with Crippen LogP contribution >= 0.6 is 12.4 Å². The number of esters is 1. The van der Waals surface area contributed by atoms with Gasteiger partial charge in [0, 0.05) is 6.54 Å². The molecule has 0 aromatic heterocycles. The van der Waals surface area contributed by atoms with E-state index in [4.69, 9.17) is 4.74 Å². The lowest BCUT2D eigenvalue weighted by molar-refractivity contribution is -0.152. The molecular formula is C11H21ClN2O3. The summed E-state index contributed by atoms with van der Waals surface area (Å²) in [4.78, 5) is 23.4. The largest absolute Gasteiger partial charge is 0.464 e. The van der Waals surface area contributed by atoms with E-state index < -0.39 is 11.5 Å². The van der Waals surface area contributed by atoms with Crippen LogP contribution in [0.15, 0.2) is 0 Å². The molecule has 17 heavy (non-hydrogen) atoms. The van der Waals surface area contributed by atoms with Gasteiger partial charge in [-0.05, 0) is 33.7 Å². The summed E-state index contributed by atoms with van der Waals surface area (Å²) < 4.78 is 4.90. The molecule has 1 rings (SSSR count). The minimum atomic E-state index is -0.949. The van der Waals surface area contributed by atoms with Crippen LogP contribution in [0.4, 0.5) is 0 Å². The first-order chi connectivity index (χ1) is 7.47. The molecule has 0 spiro atoms. The molecule has 1 aliphatic rings. The van der Waals surface area contributed by atoms with Crippen molar-refractivity contribution in [3.05, 3.63) is 0 Å². The minimum Gasteiger partial charge on any atom is -0.464 e. The van der Waals surface area contributed by atoms with E-state index in [1.807, 2.05) is 0 Å². The molecule has 2 N–H and O–H groups in total. The predicted octanol–water partition coefficient (Wildman–Crippen LogP) is 0.476. The number of carbonyl (C=O) groups is 2. The van der Waals surface area contributed by atoms with Crippen molar-refractivity contribution in [2.24, 2.45) is 5.92 Å². The molecule has 1 saturated heterocycles. The molecule has 0 aromatic carbocycles. The third kappa shape index (κ3) is 4.52. The van der Waals surface area contributed by atoms with Crippen LogP contribution in [0.5, 0.6) is 0 Å². The lowest BCUT2D eigenvalue weighted by Gasteiger charge is -2.25. The molecule has 0 aliphatic carbocycles. The zero-order valence-electron chi connectivity index (χ0n) is 10.5. The lowest BCUT2D eigenvalue weighted by atomic mass is 10.0. The highest BCUT2D eigenvalue weighted by atomic mass is 35.5. The van der Waals surface area contributed by atoms with E-state index in [2.05, 4.69) is 10.6 Å². The van der Waals surface area contributed by atoms with Crippen LogP contribution in [-0.4, -0.2) is 37.1 Å². The Bertz CT molecular complexity index is 276. The van der Waals surface area contributed by atoms with Gasteiger partial charge < -0.3 is 15.4 Å². The molecule has 0 bridgehead atoms. The standard InChI is InChI=1S/C11H20N2O3.ClH/c1-4-16-10(15)11(2,3)13-9(14)8-5-6-12-7-8;/h8,12H,4-7H2,1-3H3,(H,13,14);1H. The third-order valence-electron chi connectivity index (χ3n) is 2.65. The van der Waals surface area contributed by atoms with Gasteiger partial charge in [0.2, 0.25) is 5.91 Å². The number of amides is 1. The Morgan fingerprint density at radius 2 is 2.12 bits per heavy atom. The number of hydrogen-bond donors (Lipinski definition) is 2. The monoisotopic (exact) mass is 264 g/mol. The smallest absolute Gasteiger partial charge is 0.331 e. The molecule has 1 fully saturated rings. The summed E-state index contributed by atoms with van der Waals surface area (Å²) in [6, 6.07) is 0. The van der Waals surface area contributed by atoms with Gasteiger partial charge in [0.15, 0.2) is 0 Å². The average Bonchev–Trinajstić information content (AvgIpc) is 2.70. The molecule has 1 amide bonds. The molecule has 1 atom stereocenters. The molecule has 6 heteroatoms. The number of nitrogens with one attached hydrogen (secondary N) is 2. The van der Waals surface area contributed by atoms with E-state index in [1.54, 1.807) is 20.8 Å². The maximum absolute atomic E-state index is 11.8. The minimum absolute atomic E-state index is 0.